The largest absolute Gasteiger partial charge is 0.352 e. The molecule has 2 rings (SSSR count). The second-order valence-electron chi connectivity index (χ2n) is 4.93. The predicted molar refractivity (Wildman–Crippen MR) is 72.6 cm³/mol. The predicted octanol–water partition coefficient (Wildman–Crippen LogP) is -0.228. The number of amides is 2. The van der Waals surface area contributed by atoms with Gasteiger partial charge in [0.15, 0.2) is 0 Å². The van der Waals surface area contributed by atoms with Crippen LogP contribution in [0, 0.1) is 0 Å². The van der Waals surface area contributed by atoms with E-state index >= 15 is 0 Å². The molecule has 0 aromatic carbocycles. The summed E-state index contributed by atoms with van der Waals surface area (Å²) in [4.78, 5) is 27.4. The molecule has 102 valence electrons. The average molecular weight is 271 g/mol. The molecule has 0 radical (unpaired) electrons. The van der Waals surface area contributed by atoms with E-state index in [0.29, 0.717) is 18.3 Å². The first-order valence-electron chi connectivity index (χ1n) is 6.47. The molecule has 1 N–H and O–H groups in total. The normalized spacial score (nSPS) is 20.8. The van der Waals surface area contributed by atoms with Gasteiger partial charge >= 0.3 is 0 Å². The number of nitrogens with one attached hydrogen (secondary N) is 1. The molecule has 18 heavy (non-hydrogen) atoms. The molecule has 0 bridgehead atoms. The van der Waals surface area contributed by atoms with Crippen molar-refractivity contribution in [2.24, 2.45) is 0 Å². The van der Waals surface area contributed by atoms with Gasteiger partial charge in [0.2, 0.25) is 11.8 Å². The second kappa shape index (κ2) is 6.43. The van der Waals surface area contributed by atoms with Crippen molar-refractivity contribution in [2.75, 3.05) is 44.7 Å². The molecule has 2 aliphatic rings. The molecular weight excluding hydrogens is 250 g/mol. The zero-order chi connectivity index (χ0) is 13.0. The average Bonchev–Trinajstić information content (AvgIpc) is 3.14. The van der Waals surface area contributed by atoms with Crippen LogP contribution in [0.4, 0.5) is 0 Å². The van der Waals surface area contributed by atoms with Crippen molar-refractivity contribution >= 4 is 23.6 Å². The van der Waals surface area contributed by atoms with E-state index in [0.717, 1.165) is 39.0 Å². The summed E-state index contributed by atoms with van der Waals surface area (Å²) in [5, 5.41) is 2.99. The van der Waals surface area contributed by atoms with Crippen molar-refractivity contribution in [1.82, 2.24) is 15.1 Å². The first-order chi connectivity index (χ1) is 8.69. The molecule has 2 fully saturated rings. The fourth-order valence-corrected chi connectivity index (χ4v) is 2.50. The highest BCUT2D eigenvalue weighted by atomic mass is 32.2. The molecule has 1 heterocycles. The van der Waals surface area contributed by atoms with Crippen LogP contribution in [-0.4, -0.2) is 72.4 Å². The van der Waals surface area contributed by atoms with Crippen molar-refractivity contribution in [3.8, 4) is 0 Å². The Morgan fingerprint density at radius 3 is 2.44 bits per heavy atom. The minimum absolute atomic E-state index is 0.126. The summed E-state index contributed by atoms with van der Waals surface area (Å²) < 4.78 is 0. The number of nitrogens with zero attached hydrogens (tertiary/aromatic N) is 2. The summed E-state index contributed by atoms with van der Waals surface area (Å²) in [6, 6.07) is 0.432. The number of hydrogen-bond acceptors (Lipinski definition) is 4. The monoisotopic (exact) mass is 271 g/mol. The zero-order valence-electron chi connectivity index (χ0n) is 10.9. The van der Waals surface area contributed by atoms with Crippen LogP contribution in [0.1, 0.15) is 12.8 Å². The highest BCUT2D eigenvalue weighted by Gasteiger charge is 2.26. The number of piperazine rings is 1. The zero-order valence-corrected chi connectivity index (χ0v) is 11.7. The summed E-state index contributed by atoms with van der Waals surface area (Å²) in [5.41, 5.74) is 0. The molecule has 2 amide bonds. The van der Waals surface area contributed by atoms with E-state index in [1.807, 2.05) is 11.2 Å². The van der Waals surface area contributed by atoms with Crippen molar-refractivity contribution in [3.05, 3.63) is 0 Å². The molecular formula is C12H21N3O2S. The Labute approximate surface area is 112 Å². The number of rotatable bonds is 5. The molecule has 0 aromatic rings. The van der Waals surface area contributed by atoms with Gasteiger partial charge in [0.1, 0.15) is 0 Å². The summed E-state index contributed by atoms with van der Waals surface area (Å²) >= 11 is 1.56. The van der Waals surface area contributed by atoms with Gasteiger partial charge in [0.05, 0.1) is 12.3 Å². The number of hydrogen-bond donors (Lipinski definition) is 1. The van der Waals surface area contributed by atoms with Crippen molar-refractivity contribution in [1.29, 1.82) is 0 Å². The molecule has 5 nitrogen and oxygen atoms in total. The number of carbonyl (C=O) groups excluding carboxylic acids is 2. The van der Waals surface area contributed by atoms with Crippen LogP contribution in [0.15, 0.2) is 0 Å². The van der Waals surface area contributed by atoms with Gasteiger partial charge in [-0.25, -0.2) is 0 Å². The maximum absolute atomic E-state index is 11.7. The lowest BCUT2D eigenvalue weighted by atomic mass is 10.3. The third kappa shape index (κ3) is 4.17. The molecule has 1 saturated carbocycles. The molecule has 1 saturated heterocycles. The van der Waals surface area contributed by atoms with Crippen LogP contribution < -0.4 is 5.32 Å². The van der Waals surface area contributed by atoms with Gasteiger partial charge in [-0.2, -0.15) is 11.8 Å². The van der Waals surface area contributed by atoms with E-state index in [1.54, 1.807) is 11.8 Å². The summed E-state index contributed by atoms with van der Waals surface area (Å²) in [6.45, 7) is 3.57. The van der Waals surface area contributed by atoms with Gasteiger partial charge in [-0.05, 0) is 19.1 Å². The highest BCUT2D eigenvalue weighted by molar-refractivity contribution is 7.99. The van der Waals surface area contributed by atoms with Gasteiger partial charge in [-0.3, -0.25) is 14.5 Å². The van der Waals surface area contributed by atoms with Crippen molar-refractivity contribution in [2.45, 2.75) is 18.9 Å². The molecule has 1 aliphatic heterocycles. The van der Waals surface area contributed by atoms with Gasteiger partial charge < -0.3 is 10.2 Å². The van der Waals surface area contributed by atoms with Crippen LogP contribution in [0.5, 0.6) is 0 Å². The Morgan fingerprint density at radius 1 is 1.22 bits per heavy atom. The SMILES string of the molecule is CSCC(=O)N1CCN(CC(=O)NC2CC2)CC1. The number of carbonyl (C=O) groups is 2. The van der Waals surface area contributed by atoms with E-state index in [-0.39, 0.29) is 11.8 Å². The molecule has 0 atom stereocenters. The minimum Gasteiger partial charge on any atom is -0.352 e. The first-order valence-corrected chi connectivity index (χ1v) is 7.87. The summed E-state index contributed by atoms with van der Waals surface area (Å²) in [5.74, 6) is 0.897. The Morgan fingerprint density at radius 2 is 1.89 bits per heavy atom. The topological polar surface area (TPSA) is 52.7 Å². The Bertz CT molecular complexity index is 312. The standard InChI is InChI=1S/C12H21N3O2S/c1-18-9-12(17)15-6-4-14(5-7-15)8-11(16)13-10-2-3-10/h10H,2-9H2,1H3,(H,13,16). The summed E-state index contributed by atoms with van der Waals surface area (Å²) in [7, 11) is 0. The maximum atomic E-state index is 11.7. The van der Waals surface area contributed by atoms with Crippen LogP contribution in [0.3, 0.4) is 0 Å². The van der Waals surface area contributed by atoms with E-state index < -0.39 is 0 Å². The Hall–Kier alpha value is -0.750. The number of thioether (sulfide) groups is 1. The van der Waals surface area contributed by atoms with E-state index in [4.69, 9.17) is 0 Å². The fraction of sp³-hybridized carbons (Fsp3) is 0.833. The highest BCUT2D eigenvalue weighted by Crippen LogP contribution is 2.18. The maximum Gasteiger partial charge on any atom is 0.234 e. The Balaban J connectivity index is 1.66. The van der Waals surface area contributed by atoms with E-state index in [2.05, 4.69) is 10.2 Å². The smallest absolute Gasteiger partial charge is 0.234 e. The van der Waals surface area contributed by atoms with Crippen LogP contribution >= 0.6 is 11.8 Å². The van der Waals surface area contributed by atoms with Gasteiger partial charge in [0.25, 0.3) is 0 Å². The van der Waals surface area contributed by atoms with Crippen LogP contribution in [-0.2, 0) is 9.59 Å². The molecule has 0 aromatic heterocycles. The third-order valence-electron chi connectivity index (χ3n) is 3.30. The van der Waals surface area contributed by atoms with E-state index in [1.165, 1.54) is 0 Å². The molecule has 6 heteroatoms. The van der Waals surface area contributed by atoms with Crippen LogP contribution in [0.2, 0.25) is 0 Å². The third-order valence-corrected chi connectivity index (χ3v) is 3.84. The fourth-order valence-electron chi connectivity index (χ4n) is 2.07. The van der Waals surface area contributed by atoms with Crippen molar-refractivity contribution in [3.63, 3.8) is 0 Å². The van der Waals surface area contributed by atoms with Gasteiger partial charge in [0, 0.05) is 32.2 Å². The lowest BCUT2D eigenvalue weighted by Crippen LogP contribution is -2.51. The van der Waals surface area contributed by atoms with Gasteiger partial charge in [-0.1, -0.05) is 0 Å². The first kappa shape index (κ1) is 13.7. The summed E-state index contributed by atoms with van der Waals surface area (Å²) in [6.07, 6.45) is 4.20. The van der Waals surface area contributed by atoms with Gasteiger partial charge in [-0.15, -0.1) is 0 Å². The molecule has 0 spiro atoms. The quantitative estimate of drug-likeness (QED) is 0.751. The lowest BCUT2D eigenvalue weighted by molar-refractivity contribution is -0.130. The lowest BCUT2D eigenvalue weighted by Gasteiger charge is -2.34. The Kier molecular flexibility index (Phi) is 4.88. The van der Waals surface area contributed by atoms with Crippen LogP contribution in [0.25, 0.3) is 0 Å². The second-order valence-corrected chi connectivity index (χ2v) is 5.80. The van der Waals surface area contributed by atoms with Crippen molar-refractivity contribution < 1.29 is 9.59 Å². The molecule has 1 aliphatic carbocycles. The van der Waals surface area contributed by atoms with E-state index in [9.17, 15) is 9.59 Å². The molecule has 0 unspecified atom stereocenters. The minimum atomic E-state index is 0.126.